The average Bonchev–Trinajstić information content (AvgIpc) is 2.94. The summed E-state index contributed by atoms with van der Waals surface area (Å²) in [6.45, 7) is 1.27. The Balaban J connectivity index is 2.29. The number of hydrogen-bond donors (Lipinski definition) is 0. The third-order valence-electron chi connectivity index (χ3n) is 4.59. The van der Waals surface area contributed by atoms with Crippen LogP contribution in [-0.4, -0.2) is 29.7 Å². The summed E-state index contributed by atoms with van der Waals surface area (Å²) in [7, 11) is 2.93. The van der Waals surface area contributed by atoms with E-state index in [-0.39, 0.29) is 23.6 Å². The van der Waals surface area contributed by atoms with Gasteiger partial charge in [0.25, 0.3) is 0 Å². The average molecular weight is 437 g/mol. The van der Waals surface area contributed by atoms with Crippen LogP contribution in [0.25, 0.3) is 11.1 Å². The molecule has 0 aliphatic rings. The molecule has 2 aromatic carbocycles. The molecule has 158 valence electrons. The second-order valence-corrected chi connectivity index (χ2v) is 7.43. The second kappa shape index (κ2) is 8.44. The summed E-state index contributed by atoms with van der Waals surface area (Å²) < 4.78 is 48.7. The predicted molar refractivity (Wildman–Crippen MR) is 110 cm³/mol. The molecular weight excluding hydrogens is 417 g/mol. The normalized spacial score (nSPS) is 11.4. The lowest BCUT2D eigenvalue weighted by molar-refractivity contribution is -0.144. The maximum Gasteiger partial charge on any atom is 0.431 e. The van der Waals surface area contributed by atoms with Gasteiger partial charge in [-0.1, -0.05) is 54.1 Å². The number of benzene rings is 2. The summed E-state index contributed by atoms with van der Waals surface area (Å²) in [5, 5.41) is 0.447. The lowest BCUT2D eigenvalue weighted by Gasteiger charge is -2.17. The van der Waals surface area contributed by atoms with E-state index in [1.165, 1.54) is 21.0 Å². The summed E-state index contributed by atoms with van der Waals surface area (Å²) in [4.78, 5) is 13.5. The molecule has 0 saturated carbocycles. The summed E-state index contributed by atoms with van der Waals surface area (Å²) >= 11 is 5.94. The van der Waals surface area contributed by atoms with Crippen LogP contribution in [0.5, 0.6) is 5.88 Å². The van der Waals surface area contributed by atoms with Gasteiger partial charge in [0.2, 0.25) is 5.88 Å². The minimum Gasteiger partial charge on any atom is -0.392 e. The van der Waals surface area contributed by atoms with E-state index in [0.29, 0.717) is 16.1 Å². The first-order valence-electron chi connectivity index (χ1n) is 9.09. The maximum atomic E-state index is 14.1. The molecule has 4 nitrogen and oxygen atoms in total. The van der Waals surface area contributed by atoms with Crippen LogP contribution in [0.15, 0.2) is 54.6 Å². The zero-order valence-corrected chi connectivity index (χ0v) is 17.4. The van der Waals surface area contributed by atoms with Gasteiger partial charge in [0.05, 0.1) is 6.54 Å². The SMILES string of the molecule is Cc1c(-c2ccc(Cl)cc2)c(OC(=O)N(C)C)n(Cc2ccccc2)c1C(F)(F)F. The molecule has 0 fully saturated rings. The molecule has 1 heterocycles. The van der Waals surface area contributed by atoms with Crippen molar-refractivity contribution < 1.29 is 22.7 Å². The van der Waals surface area contributed by atoms with Gasteiger partial charge in [-0.15, -0.1) is 0 Å². The van der Waals surface area contributed by atoms with Gasteiger partial charge in [0.1, 0.15) is 5.69 Å². The Kier molecular flexibility index (Phi) is 6.12. The van der Waals surface area contributed by atoms with Crippen molar-refractivity contribution in [2.45, 2.75) is 19.6 Å². The first kappa shape index (κ1) is 21.8. The first-order valence-corrected chi connectivity index (χ1v) is 9.46. The topological polar surface area (TPSA) is 34.5 Å². The van der Waals surface area contributed by atoms with Crippen LogP contribution in [0.3, 0.4) is 0 Å². The Hall–Kier alpha value is -2.93. The number of rotatable bonds is 4. The monoisotopic (exact) mass is 436 g/mol. The second-order valence-electron chi connectivity index (χ2n) is 6.99. The fourth-order valence-electron chi connectivity index (χ4n) is 3.24. The van der Waals surface area contributed by atoms with Crippen LogP contribution in [0, 0.1) is 6.92 Å². The minimum atomic E-state index is -4.65. The van der Waals surface area contributed by atoms with Crippen LogP contribution in [0.2, 0.25) is 5.02 Å². The molecule has 8 heteroatoms. The number of halogens is 4. The van der Waals surface area contributed by atoms with Crippen molar-refractivity contribution in [1.82, 2.24) is 9.47 Å². The molecule has 3 rings (SSSR count). The zero-order chi connectivity index (χ0) is 22.1. The molecule has 0 aliphatic heterocycles. The summed E-state index contributed by atoms with van der Waals surface area (Å²) in [5.74, 6) is -0.162. The first-order chi connectivity index (χ1) is 14.1. The van der Waals surface area contributed by atoms with Gasteiger partial charge in [0.15, 0.2) is 0 Å². The quantitative estimate of drug-likeness (QED) is 0.485. The van der Waals surface area contributed by atoms with E-state index in [9.17, 15) is 18.0 Å². The molecule has 0 bridgehead atoms. The van der Waals surface area contributed by atoms with E-state index in [1.54, 1.807) is 54.6 Å². The van der Waals surface area contributed by atoms with Gasteiger partial charge in [-0.25, -0.2) is 4.79 Å². The Morgan fingerprint density at radius 2 is 1.67 bits per heavy atom. The number of hydrogen-bond acceptors (Lipinski definition) is 2. The van der Waals surface area contributed by atoms with Crippen molar-refractivity contribution in [3.8, 4) is 17.0 Å². The number of ether oxygens (including phenoxy) is 1. The van der Waals surface area contributed by atoms with Crippen LogP contribution >= 0.6 is 11.6 Å². The largest absolute Gasteiger partial charge is 0.431 e. The molecule has 1 amide bonds. The standard InChI is InChI=1S/C22H20ClF3N2O2/c1-14-18(16-9-11-17(23)12-10-16)20(30-21(29)27(2)3)28(19(14)22(24,25)26)13-15-7-5-4-6-8-15/h4-12H,13H2,1-3H3. The summed E-state index contributed by atoms with van der Waals surface area (Å²) in [5.41, 5.74) is 0.420. The molecule has 30 heavy (non-hydrogen) atoms. The molecule has 3 aromatic rings. The Bertz CT molecular complexity index is 1040. The van der Waals surface area contributed by atoms with E-state index in [2.05, 4.69) is 0 Å². The van der Waals surface area contributed by atoms with E-state index in [0.717, 1.165) is 9.47 Å². The molecule has 0 atom stereocenters. The Morgan fingerprint density at radius 1 is 1.07 bits per heavy atom. The van der Waals surface area contributed by atoms with Crippen molar-refractivity contribution >= 4 is 17.7 Å². The smallest absolute Gasteiger partial charge is 0.392 e. The van der Waals surface area contributed by atoms with Crippen molar-refractivity contribution in [3.63, 3.8) is 0 Å². The number of alkyl halides is 3. The number of aromatic nitrogens is 1. The van der Waals surface area contributed by atoms with E-state index >= 15 is 0 Å². The third-order valence-corrected chi connectivity index (χ3v) is 4.85. The Morgan fingerprint density at radius 3 is 2.20 bits per heavy atom. The molecule has 0 saturated heterocycles. The van der Waals surface area contributed by atoms with Crippen LogP contribution in [0.1, 0.15) is 16.8 Å². The molecular formula is C22H20ClF3N2O2. The van der Waals surface area contributed by atoms with Crippen molar-refractivity contribution in [2.24, 2.45) is 0 Å². The van der Waals surface area contributed by atoms with Gasteiger partial charge in [-0.05, 0) is 35.7 Å². The van der Waals surface area contributed by atoms with Gasteiger partial charge in [0, 0.05) is 24.7 Å². The van der Waals surface area contributed by atoms with Crippen LogP contribution in [-0.2, 0) is 12.7 Å². The number of amides is 1. The van der Waals surface area contributed by atoms with E-state index < -0.39 is 18.0 Å². The van der Waals surface area contributed by atoms with Crippen LogP contribution < -0.4 is 4.74 Å². The van der Waals surface area contributed by atoms with E-state index in [1.807, 2.05) is 0 Å². The summed E-state index contributed by atoms with van der Waals surface area (Å²) in [6, 6.07) is 15.1. The summed E-state index contributed by atoms with van der Waals surface area (Å²) in [6.07, 6.45) is -5.42. The number of carbonyl (C=O) groups excluding carboxylic acids is 1. The molecule has 0 N–H and O–H groups in total. The van der Waals surface area contributed by atoms with Gasteiger partial charge in [-0.3, -0.25) is 0 Å². The fourth-order valence-corrected chi connectivity index (χ4v) is 3.36. The van der Waals surface area contributed by atoms with Crippen molar-refractivity contribution in [2.75, 3.05) is 14.1 Å². The highest BCUT2D eigenvalue weighted by Crippen LogP contribution is 2.45. The van der Waals surface area contributed by atoms with Crippen molar-refractivity contribution in [1.29, 1.82) is 0 Å². The van der Waals surface area contributed by atoms with Gasteiger partial charge < -0.3 is 14.2 Å². The van der Waals surface area contributed by atoms with Gasteiger partial charge in [-0.2, -0.15) is 13.2 Å². The highest BCUT2D eigenvalue weighted by atomic mass is 35.5. The number of carbonyl (C=O) groups is 1. The molecule has 0 aliphatic carbocycles. The van der Waals surface area contributed by atoms with Gasteiger partial charge >= 0.3 is 12.3 Å². The predicted octanol–water partition coefficient (Wildman–Crippen LogP) is 6.24. The van der Waals surface area contributed by atoms with E-state index in [4.69, 9.17) is 16.3 Å². The molecule has 0 radical (unpaired) electrons. The lowest BCUT2D eigenvalue weighted by atomic mass is 10.0. The fraction of sp³-hybridized carbons (Fsp3) is 0.227. The third kappa shape index (κ3) is 4.46. The molecule has 0 spiro atoms. The molecule has 0 unspecified atom stereocenters. The van der Waals surface area contributed by atoms with Crippen molar-refractivity contribution in [3.05, 3.63) is 76.4 Å². The lowest BCUT2D eigenvalue weighted by Crippen LogP contribution is -2.27. The highest BCUT2D eigenvalue weighted by Gasteiger charge is 2.41. The highest BCUT2D eigenvalue weighted by molar-refractivity contribution is 6.30. The van der Waals surface area contributed by atoms with Crippen LogP contribution in [0.4, 0.5) is 18.0 Å². The zero-order valence-electron chi connectivity index (χ0n) is 16.6. The Labute approximate surface area is 177 Å². The minimum absolute atomic E-state index is 0.0256. The number of nitrogens with zero attached hydrogens (tertiary/aromatic N) is 2. The molecule has 1 aromatic heterocycles. The maximum absolute atomic E-state index is 14.1.